The zero-order chi connectivity index (χ0) is 31.1. The number of nitrogens with zero attached hydrogens (tertiary/aromatic N) is 1. The molecule has 43 heavy (non-hydrogen) atoms. The Bertz CT molecular complexity index is 841. The first kappa shape index (κ1) is 37.7. The SMILES string of the molecule is CC(C)(C)[Si](OCCN(CCCCCCCCCCO)CCCCCCCCCCO)(c1ccccc1)c1ccccc1. The Kier molecular flexibility index (Phi) is 20.1. The highest BCUT2D eigenvalue weighted by molar-refractivity contribution is 6.99. The van der Waals surface area contributed by atoms with Gasteiger partial charge >= 0.3 is 0 Å². The summed E-state index contributed by atoms with van der Waals surface area (Å²) < 4.78 is 7.24. The Labute approximate surface area is 266 Å². The molecule has 2 aromatic carbocycles. The third-order valence-electron chi connectivity index (χ3n) is 8.91. The van der Waals surface area contributed by atoms with Crippen molar-refractivity contribution >= 4 is 18.7 Å². The molecule has 2 rings (SSSR count). The lowest BCUT2D eigenvalue weighted by Gasteiger charge is -2.43. The van der Waals surface area contributed by atoms with Gasteiger partial charge in [0.25, 0.3) is 8.32 Å². The van der Waals surface area contributed by atoms with Crippen LogP contribution in [-0.4, -0.2) is 62.9 Å². The molecule has 0 amide bonds. The van der Waals surface area contributed by atoms with Crippen molar-refractivity contribution in [3.63, 3.8) is 0 Å². The van der Waals surface area contributed by atoms with E-state index in [-0.39, 0.29) is 5.04 Å². The van der Waals surface area contributed by atoms with Gasteiger partial charge in [-0.05, 0) is 54.2 Å². The van der Waals surface area contributed by atoms with Crippen molar-refractivity contribution in [3.05, 3.63) is 60.7 Å². The molecule has 0 radical (unpaired) electrons. The van der Waals surface area contributed by atoms with Crippen LogP contribution in [0.2, 0.25) is 5.04 Å². The normalized spacial score (nSPS) is 12.3. The molecule has 0 bridgehead atoms. The average Bonchev–Trinajstić information content (AvgIpc) is 3.01. The summed E-state index contributed by atoms with van der Waals surface area (Å²) in [5.74, 6) is 0. The second kappa shape index (κ2) is 22.9. The Morgan fingerprint density at radius 1 is 0.512 bits per heavy atom. The van der Waals surface area contributed by atoms with Crippen molar-refractivity contribution in [2.45, 2.75) is 129 Å². The molecule has 0 spiro atoms. The van der Waals surface area contributed by atoms with Crippen LogP contribution in [0.4, 0.5) is 0 Å². The van der Waals surface area contributed by atoms with E-state index in [4.69, 9.17) is 14.6 Å². The standard InChI is InChI=1S/C38H65NO3Si/c1-38(2,3)43(36-26-18-16-19-27-36,37-28-20-17-21-29-37)42-35-32-39(30-22-12-8-4-6-10-14-24-33-40)31-23-13-9-5-7-11-15-25-34-41/h16-21,26-29,40-41H,4-15,22-25,30-35H2,1-3H3. The fourth-order valence-electron chi connectivity index (χ4n) is 6.44. The number of rotatable bonds is 26. The van der Waals surface area contributed by atoms with E-state index in [0.717, 1.165) is 51.9 Å². The molecule has 0 aliphatic carbocycles. The summed E-state index contributed by atoms with van der Waals surface area (Å²) in [6.07, 6.45) is 19.8. The predicted octanol–water partition coefficient (Wildman–Crippen LogP) is 8.09. The van der Waals surface area contributed by atoms with Gasteiger partial charge in [0, 0.05) is 26.4 Å². The van der Waals surface area contributed by atoms with Gasteiger partial charge in [0.15, 0.2) is 0 Å². The minimum atomic E-state index is -2.50. The first-order valence-corrected chi connectivity index (χ1v) is 19.6. The van der Waals surface area contributed by atoms with Gasteiger partial charge in [-0.15, -0.1) is 0 Å². The first-order chi connectivity index (χ1) is 21.0. The van der Waals surface area contributed by atoms with Crippen molar-refractivity contribution in [3.8, 4) is 0 Å². The summed E-state index contributed by atoms with van der Waals surface area (Å²) >= 11 is 0. The lowest BCUT2D eigenvalue weighted by Crippen LogP contribution is -2.67. The van der Waals surface area contributed by atoms with Gasteiger partial charge in [0.1, 0.15) is 0 Å². The van der Waals surface area contributed by atoms with E-state index < -0.39 is 8.32 Å². The maximum atomic E-state index is 8.98. The molecule has 0 fully saturated rings. The highest BCUT2D eigenvalue weighted by Crippen LogP contribution is 2.36. The molecule has 0 atom stereocenters. The minimum Gasteiger partial charge on any atom is -0.406 e. The van der Waals surface area contributed by atoms with Gasteiger partial charge in [0.2, 0.25) is 0 Å². The highest BCUT2D eigenvalue weighted by atomic mass is 28.4. The molecule has 0 unspecified atom stereocenters. The average molecular weight is 612 g/mol. The van der Waals surface area contributed by atoms with Gasteiger partial charge in [-0.2, -0.15) is 0 Å². The number of aliphatic hydroxyl groups is 2. The Balaban J connectivity index is 1.96. The Morgan fingerprint density at radius 2 is 0.860 bits per heavy atom. The van der Waals surface area contributed by atoms with Gasteiger partial charge in [-0.25, -0.2) is 0 Å². The first-order valence-electron chi connectivity index (χ1n) is 17.6. The van der Waals surface area contributed by atoms with Gasteiger partial charge < -0.3 is 19.5 Å². The number of hydrogen-bond donors (Lipinski definition) is 2. The lowest BCUT2D eigenvalue weighted by atomic mass is 10.1. The largest absolute Gasteiger partial charge is 0.406 e. The Hall–Kier alpha value is -1.50. The van der Waals surface area contributed by atoms with E-state index in [9.17, 15) is 0 Å². The van der Waals surface area contributed by atoms with E-state index in [0.29, 0.717) is 13.2 Å². The maximum absolute atomic E-state index is 8.98. The lowest BCUT2D eigenvalue weighted by molar-refractivity contribution is 0.195. The van der Waals surface area contributed by atoms with Crippen molar-refractivity contribution in [1.82, 2.24) is 4.90 Å². The van der Waals surface area contributed by atoms with Crippen LogP contribution in [0.25, 0.3) is 0 Å². The summed E-state index contributed by atoms with van der Waals surface area (Å²) in [6.45, 7) is 11.8. The zero-order valence-corrected chi connectivity index (χ0v) is 29.1. The van der Waals surface area contributed by atoms with E-state index in [1.54, 1.807) is 0 Å². The van der Waals surface area contributed by atoms with Crippen LogP contribution < -0.4 is 10.4 Å². The van der Waals surface area contributed by atoms with E-state index in [1.165, 1.54) is 87.4 Å². The van der Waals surface area contributed by atoms with Crippen LogP contribution in [0.1, 0.15) is 124 Å². The Morgan fingerprint density at radius 3 is 1.21 bits per heavy atom. The van der Waals surface area contributed by atoms with Gasteiger partial charge in [-0.3, -0.25) is 0 Å². The summed E-state index contributed by atoms with van der Waals surface area (Å²) in [7, 11) is -2.50. The van der Waals surface area contributed by atoms with E-state index in [2.05, 4.69) is 86.3 Å². The number of hydrogen-bond acceptors (Lipinski definition) is 4. The molecular weight excluding hydrogens is 547 g/mol. The summed E-state index contributed by atoms with van der Waals surface area (Å²) in [5, 5.41) is 20.7. The second-order valence-corrected chi connectivity index (χ2v) is 17.8. The quantitative estimate of drug-likeness (QED) is 0.0834. The molecule has 0 aliphatic rings. The highest BCUT2D eigenvalue weighted by Gasteiger charge is 2.50. The molecule has 0 saturated carbocycles. The van der Waals surface area contributed by atoms with Crippen molar-refractivity contribution in [1.29, 1.82) is 0 Å². The molecular formula is C38H65NO3Si. The number of unbranched alkanes of at least 4 members (excludes halogenated alkanes) is 14. The van der Waals surface area contributed by atoms with Crippen molar-refractivity contribution in [2.75, 3.05) is 39.5 Å². The fraction of sp³-hybridized carbons (Fsp3) is 0.684. The molecule has 0 heterocycles. The summed E-state index contributed by atoms with van der Waals surface area (Å²) in [5.41, 5.74) is 0. The summed E-state index contributed by atoms with van der Waals surface area (Å²) in [4.78, 5) is 2.68. The monoisotopic (exact) mass is 611 g/mol. The molecule has 0 aromatic heterocycles. The maximum Gasteiger partial charge on any atom is 0.261 e. The van der Waals surface area contributed by atoms with Crippen LogP contribution in [0.5, 0.6) is 0 Å². The van der Waals surface area contributed by atoms with Crippen LogP contribution in [0.3, 0.4) is 0 Å². The topological polar surface area (TPSA) is 52.9 Å². The molecule has 5 heteroatoms. The second-order valence-electron chi connectivity index (χ2n) is 13.5. The number of benzene rings is 2. The van der Waals surface area contributed by atoms with Crippen LogP contribution in [0.15, 0.2) is 60.7 Å². The molecule has 2 N–H and O–H groups in total. The molecule has 2 aromatic rings. The summed E-state index contributed by atoms with van der Waals surface area (Å²) in [6, 6.07) is 22.0. The van der Waals surface area contributed by atoms with E-state index in [1.807, 2.05) is 0 Å². The van der Waals surface area contributed by atoms with Crippen molar-refractivity contribution in [2.24, 2.45) is 0 Å². The van der Waals surface area contributed by atoms with Gasteiger partial charge in [-0.1, -0.05) is 158 Å². The molecule has 244 valence electrons. The van der Waals surface area contributed by atoms with E-state index >= 15 is 0 Å². The molecule has 4 nitrogen and oxygen atoms in total. The van der Waals surface area contributed by atoms with Gasteiger partial charge in [0.05, 0.1) is 0 Å². The third kappa shape index (κ3) is 14.4. The number of aliphatic hydroxyl groups excluding tert-OH is 2. The molecule has 0 saturated heterocycles. The van der Waals surface area contributed by atoms with Crippen LogP contribution in [0, 0.1) is 0 Å². The smallest absolute Gasteiger partial charge is 0.261 e. The minimum absolute atomic E-state index is 0.00882. The third-order valence-corrected chi connectivity index (χ3v) is 14.0. The predicted molar refractivity (Wildman–Crippen MR) is 188 cm³/mol. The van der Waals surface area contributed by atoms with Crippen LogP contribution in [-0.2, 0) is 4.43 Å². The zero-order valence-electron chi connectivity index (χ0n) is 28.1. The van der Waals surface area contributed by atoms with Crippen LogP contribution >= 0.6 is 0 Å². The van der Waals surface area contributed by atoms with Crippen molar-refractivity contribution < 1.29 is 14.6 Å². The molecule has 0 aliphatic heterocycles. The fourth-order valence-corrected chi connectivity index (χ4v) is 11.0.